The number of hydrogen-bond acceptors (Lipinski definition) is 4. The van der Waals surface area contributed by atoms with Gasteiger partial charge in [-0.25, -0.2) is 0 Å². The Morgan fingerprint density at radius 1 is 1.40 bits per heavy atom. The minimum absolute atomic E-state index is 0.0883. The molecule has 0 radical (unpaired) electrons. The lowest BCUT2D eigenvalue weighted by molar-refractivity contribution is -0.122. The number of nitrogen functional groups attached to an aromatic ring is 1. The molecule has 1 aliphatic carbocycles. The van der Waals surface area contributed by atoms with Crippen LogP contribution in [0.1, 0.15) is 26.7 Å². The lowest BCUT2D eigenvalue weighted by Gasteiger charge is -2.14. The third-order valence-corrected chi connectivity index (χ3v) is 3.08. The first-order valence-electron chi connectivity index (χ1n) is 7.14. The zero-order chi connectivity index (χ0) is 14.5. The van der Waals surface area contributed by atoms with Gasteiger partial charge in [-0.15, -0.1) is 0 Å². The molecule has 1 aliphatic rings. The Hall–Kier alpha value is -1.91. The molecule has 4 N–H and O–H groups in total. The van der Waals surface area contributed by atoms with E-state index in [0.717, 1.165) is 18.5 Å². The maximum Gasteiger partial charge on any atom is 0.223 e. The second kappa shape index (κ2) is 6.50. The van der Waals surface area contributed by atoms with Gasteiger partial charge >= 0.3 is 0 Å². The molecule has 5 heteroatoms. The standard InChI is InChI=1S/C15H23N3O2/c1-10(2)20-14-9-12(5-6-13(14)16)17-7-8-18-15(19)11-3-4-11/h5-6,9-11,17H,3-4,7-8,16H2,1-2H3,(H,18,19). The summed E-state index contributed by atoms with van der Waals surface area (Å²) >= 11 is 0. The summed E-state index contributed by atoms with van der Waals surface area (Å²) < 4.78 is 5.64. The Balaban J connectivity index is 1.78. The van der Waals surface area contributed by atoms with Crippen molar-refractivity contribution in [2.24, 2.45) is 5.92 Å². The number of anilines is 2. The molecule has 0 atom stereocenters. The average molecular weight is 277 g/mol. The largest absolute Gasteiger partial charge is 0.489 e. The predicted molar refractivity (Wildman–Crippen MR) is 80.8 cm³/mol. The van der Waals surface area contributed by atoms with Crippen molar-refractivity contribution in [2.45, 2.75) is 32.8 Å². The van der Waals surface area contributed by atoms with Crippen LogP contribution < -0.4 is 21.1 Å². The van der Waals surface area contributed by atoms with Crippen molar-refractivity contribution in [2.75, 3.05) is 24.1 Å². The van der Waals surface area contributed by atoms with Crippen LogP contribution in [0.25, 0.3) is 0 Å². The molecule has 1 aromatic carbocycles. The van der Waals surface area contributed by atoms with Crippen LogP contribution in [-0.2, 0) is 4.79 Å². The van der Waals surface area contributed by atoms with E-state index in [1.165, 1.54) is 0 Å². The Kier molecular flexibility index (Phi) is 4.71. The van der Waals surface area contributed by atoms with Crippen LogP contribution in [0.4, 0.5) is 11.4 Å². The maximum atomic E-state index is 11.5. The van der Waals surface area contributed by atoms with Gasteiger partial charge in [0.2, 0.25) is 5.91 Å². The lowest BCUT2D eigenvalue weighted by Crippen LogP contribution is -2.29. The van der Waals surface area contributed by atoms with E-state index in [-0.39, 0.29) is 17.9 Å². The van der Waals surface area contributed by atoms with Gasteiger partial charge in [-0.3, -0.25) is 4.79 Å². The van der Waals surface area contributed by atoms with Crippen molar-refractivity contribution in [3.63, 3.8) is 0 Å². The molecule has 0 spiro atoms. The van der Waals surface area contributed by atoms with Crippen molar-refractivity contribution in [1.29, 1.82) is 0 Å². The molecule has 1 saturated carbocycles. The topological polar surface area (TPSA) is 76.4 Å². The van der Waals surface area contributed by atoms with Crippen LogP contribution in [0.15, 0.2) is 18.2 Å². The van der Waals surface area contributed by atoms with Crippen molar-refractivity contribution in [3.05, 3.63) is 18.2 Å². The number of nitrogens with two attached hydrogens (primary N) is 1. The minimum atomic E-state index is 0.0883. The number of ether oxygens (including phenoxy) is 1. The molecular formula is C15H23N3O2. The van der Waals surface area contributed by atoms with Crippen LogP contribution in [0, 0.1) is 5.92 Å². The summed E-state index contributed by atoms with van der Waals surface area (Å²) in [4.78, 5) is 11.5. The molecule has 110 valence electrons. The quantitative estimate of drug-likeness (QED) is 0.526. The number of carbonyl (C=O) groups excluding carboxylic acids is 1. The van der Waals surface area contributed by atoms with E-state index in [1.54, 1.807) is 0 Å². The van der Waals surface area contributed by atoms with E-state index in [0.29, 0.717) is 24.5 Å². The summed E-state index contributed by atoms with van der Waals surface area (Å²) in [5, 5.41) is 6.17. The summed E-state index contributed by atoms with van der Waals surface area (Å²) in [5.74, 6) is 1.12. The van der Waals surface area contributed by atoms with Crippen molar-refractivity contribution in [1.82, 2.24) is 5.32 Å². The highest BCUT2D eigenvalue weighted by Crippen LogP contribution is 2.28. The zero-order valence-electron chi connectivity index (χ0n) is 12.1. The normalized spacial score (nSPS) is 14.2. The molecule has 0 saturated heterocycles. The highest BCUT2D eigenvalue weighted by atomic mass is 16.5. The molecule has 0 heterocycles. The van der Waals surface area contributed by atoms with E-state index in [1.807, 2.05) is 32.0 Å². The molecule has 0 unspecified atom stereocenters. The van der Waals surface area contributed by atoms with Gasteiger partial charge < -0.3 is 21.1 Å². The lowest BCUT2D eigenvalue weighted by atomic mass is 10.2. The first kappa shape index (κ1) is 14.5. The summed E-state index contributed by atoms with van der Waals surface area (Å²) in [6.45, 7) is 5.24. The van der Waals surface area contributed by atoms with Gasteiger partial charge in [0.15, 0.2) is 0 Å². The second-order valence-corrected chi connectivity index (χ2v) is 5.41. The van der Waals surface area contributed by atoms with Crippen LogP contribution in [-0.4, -0.2) is 25.1 Å². The third-order valence-electron chi connectivity index (χ3n) is 3.08. The van der Waals surface area contributed by atoms with Gasteiger partial charge in [-0.05, 0) is 38.8 Å². The highest BCUT2D eigenvalue weighted by molar-refractivity contribution is 5.80. The zero-order valence-corrected chi connectivity index (χ0v) is 12.1. The molecule has 1 amide bonds. The van der Waals surface area contributed by atoms with Crippen molar-refractivity contribution in [3.8, 4) is 5.75 Å². The SMILES string of the molecule is CC(C)Oc1cc(NCCNC(=O)C2CC2)ccc1N. The Morgan fingerprint density at radius 3 is 2.80 bits per heavy atom. The molecule has 5 nitrogen and oxygen atoms in total. The second-order valence-electron chi connectivity index (χ2n) is 5.41. The van der Waals surface area contributed by atoms with Gasteiger partial charge in [-0.1, -0.05) is 0 Å². The third kappa shape index (κ3) is 4.33. The summed E-state index contributed by atoms with van der Waals surface area (Å²) in [5.41, 5.74) is 7.43. The average Bonchev–Trinajstić information content (AvgIpc) is 3.21. The minimum Gasteiger partial charge on any atom is -0.489 e. The Labute approximate surface area is 119 Å². The van der Waals surface area contributed by atoms with Gasteiger partial charge in [0.05, 0.1) is 11.8 Å². The molecule has 0 aromatic heterocycles. The van der Waals surface area contributed by atoms with E-state index in [9.17, 15) is 4.79 Å². The van der Waals surface area contributed by atoms with Gasteiger partial charge in [0, 0.05) is 30.8 Å². The number of amides is 1. The summed E-state index contributed by atoms with van der Waals surface area (Å²) in [6, 6.07) is 5.62. The Morgan fingerprint density at radius 2 is 2.15 bits per heavy atom. The molecule has 2 rings (SSSR count). The summed E-state index contributed by atoms with van der Waals surface area (Å²) in [7, 11) is 0. The van der Waals surface area contributed by atoms with Gasteiger partial charge in [0.25, 0.3) is 0 Å². The van der Waals surface area contributed by atoms with E-state index < -0.39 is 0 Å². The molecule has 1 fully saturated rings. The molecular weight excluding hydrogens is 254 g/mol. The molecule has 0 aliphatic heterocycles. The molecule has 0 bridgehead atoms. The fraction of sp³-hybridized carbons (Fsp3) is 0.533. The number of carbonyl (C=O) groups is 1. The monoisotopic (exact) mass is 277 g/mol. The fourth-order valence-corrected chi connectivity index (χ4v) is 1.88. The van der Waals surface area contributed by atoms with Crippen molar-refractivity contribution < 1.29 is 9.53 Å². The van der Waals surface area contributed by atoms with E-state index >= 15 is 0 Å². The van der Waals surface area contributed by atoms with Crippen LogP contribution >= 0.6 is 0 Å². The first-order chi connectivity index (χ1) is 9.56. The van der Waals surface area contributed by atoms with Crippen LogP contribution in [0.5, 0.6) is 5.75 Å². The molecule has 20 heavy (non-hydrogen) atoms. The van der Waals surface area contributed by atoms with Crippen molar-refractivity contribution >= 4 is 17.3 Å². The number of hydrogen-bond donors (Lipinski definition) is 3. The van der Waals surface area contributed by atoms with Crippen LogP contribution in [0.2, 0.25) is 0 Å². The fourth-order valence-electron chi connectivity index (χ4n) is 1.88. The number of rotatable bonds is 7. The maximum absolute atomic E-state index is 11.5. The van der Waals surface area contributed by atoms with E-state index in [2.05, 4.69) is 10.6 Å². The van der Waals surface area contributed by atoms with Gasteiger partial charge in [0.1, 0.15) is 5.75 Å². The van der Waals surface area contributed by atoms with Crippen LogP contribution in [0.3, 0.4) is 0 Å². The Bertz CT molecular complexity index is 470. The van der Waals surface area contributed by atoms with E-state index in [4.69, 9.17) is 10.5 Å². The smallest absolute Gasteiger partial charge is 0.223 e. The number of nitrogens with one attached hydrogen (secondary N) is 2. The van der Waals surface area contributed by atoms with Gasteiger partial charge in [-0.2, -0.15) is 0 Å². The predicted octanol–water partition coefficient (Wildman–Crippen LogP) is 1.99. The molecule has 1 aromatic rings. The first-order valence-corrected chi connectivity index (χ1v) is 7.14. The highest BCUT2D eigenvalue weighted by Gasteiger charge is 2.28. The summed E-state index contributed by atoms with van der Waals surface area (Å²) in [6.07, 6.45) is 2.16. The number of benzene rings is 1.